The van der Waals surface area contributed by atoms with Crippen molar-refractivity contribution in [2.75, 3.05) is 0 Å². The van der Waals surface area contributed by atoms with E-state index in [1.807, 2.05) is 20.8 Å². The van der Waals surface area contributed by atoms with Crippen LogP contribution in [-0.2, 0) is 4.74 Å². The average molecular weight is 291 g/mol. The van der Waals surface area contributed by atoms with Crippen molar-refractivity contribution in [3.63, 3.8) is 0 Å². The number of alkyl carbamates (subject to hydrolysis) is 1. The lowest BCUT2D eigenvalue weighted by atomic mass is 10.2. The SMILES string of the molecule is C[C@@H](NC(=O)OC(C)(C)C)c1cc(Br)no1. The van der Waals surface area contributed by atoms with E-state index in [-0.39, 0.29) is 6.04 Å². The summed E-state index contributed by atoms with van der Waals surface area (Å²) in [5, 5.41) is 6.32. The lowest BCUT2D eigenvalue weighted by molar-refractivity contribution is 0.0500. The molecule has 1 atom stereocenters. The Morgan fingerprint density at radius 3 is 2.69 bits per heavy atom. The number of rotatable bonds is 2. The van der Waals surface area contributed by atoms with Gasteiger partial charge in [-0.05, 0) is 43.6 Å². The smallest absolute Gasteiger partial charge is 0.408 e. The fourth-order valence-electron chi connectivity index (χ4n) is 1.03. The first-order chi connectivity index (χ1) is 7.28. The zero-order valence-electron chi connectivity index (χ0n) is 9.70. The summed E-state index contributed by atoms with van der Waals surface area (Å²) in [6.45, 7) is 7.21. The maximum Gasteiger partial charge on any atom is 0.408 e. The van der Waals surface area contributed by atoms with Crippen molar-refractivity contribution in [1.29, 1.82) is 0 Å². The summed E-state index contributed by atoms with van der Waals surface area (Å²) in [5.41, 5.74) is -0.508. The third kappa shape index (κ3) is 4.22. The fraction of sp³-hybridized carbons (Fsp3) is 0.600. The molecule has 1 N–H and O–H groups in total. The first-order valence-electron chi connectivity index (χ1n) is 4.89. The van der Waals surface area contributed by atoms with E-state index >= 15 is 0 Å². The molecule has 0 aliphatic carbocycles. The second kappa shape index (κ2) is 4.86. The summed E-state index contributed by atoms with van der Waals surface area (Å²) in [6.07, 6.45) is -0.479. The molecule has 0 bridgehead atoms. The molecule has 0 saturated heterocycles. The van der Waals surface area contributed by atoms with Crippen molar-refractivity contribution in [2.45, 2.75) is 39.3 Å². The standard InChI is InChI=1S/C10H15BrN2O3/c1-6(7-5-8(11)13-16-7)12-9(14)15-10(2,3)4/h5-6H,1-4H3,(H,12,14)/t6-/m1/s1. The number of hydrogen-bond acceptors (Lipinski definition) is 4. The van der Waals surface area contributed by atoms with Gasteiger partial charge in [-0.2, -0.15) is 0 Å². The van der Waals surface area contributed by atoms with Crippen LogP contribution in [0.5, 0.6) is 0 Å². The number of ether oxygens (including phenoxy) is 1. The van der Waals surface area contributed by atoms with Crippen LogP contribution in [0.1, 0.15) is 39.5 Å². The van der Waals surface area contributed by atoms with Crippen LogP contribution in [0.3, 0.4) is 0 Å². The van der Waals surface area contributed by atoms with Gasteiger partial charge in [0.2, 0.25) is 0 Å². The first-order valence-corrected chi connectivity index (χ1v) is 5.69. The minimum atomic E-state index is -0.508. The predicted molar refractivity (Wildman–Crippen MR) is 62.0 cm³/mol. The minimum absolute atomic E-state index is 0.284. The minimum Gasteiger partial charge on any atom is -0.444 e. The van der Waals surface area contributed by atoms with Gasteiger partial charge in [0, 0.05) is 6.07 Å². The van der Waals surface area contributed by atoms with Crippen LogP contribution in [0.25, 0.3) is 0 Å². The molecule has 1 heterocycles. The molecule has 0 aromatic carbocycles. The second-order valence-corrected chi connectivity index (χ2v) is 5.23. The zero-order valence-corrected chi connectivity index (χ0v) is 11.3. The molecular formula is C10H15BrN2O3. The summed E-state index contributed by atoms with van der Waals surface area (Å²) >= 11 is 3.17. The summed E-state index contributed by atoms with van der Waals surface area (Å²) < 4.78 is 10.7. The summed E-state index contributed by atoms with van der Waals surface area (Å²) in [6, 6.07) is 1.41. The molecule has 1 aromatic rings. The van der Waals surface area contributed by atoms with Gasteiger partial charge in [-0.3, -0.25) is 0 Å². The van der Waals surface area contributed by atoms with Crippen molar-refractivity contribution in [1.82, 2.24) is 10.5 Å². The number of carbonyl (C=O) groups is 1. The van der Waals surface area contributed by atoms with Crippen LogP contribution in [0.4, 0.5) is 4.79 Å². The third-order valence-corrected chi connectivity index (χ3v) is 2.03. The molecule has 6 heteroatoms. The molecule has 0 saturated carbocycles. The fourth-order valence-corrected chi connectivity index (χ4v) is 1.32. The van der Waals surface area contributed by atoms with Gasteiger partial charge in [0.25, 0.3) is 0 Å². The monoisotopic (exact) mass is 290 g/mol. The number of nitrogens with zero attached hydrogens (tertiary/aromatic N) is 1. The van der Waals surface area contributed by atoms with Gasteiger partial charge in [-0.25, -0.2) is 4.79 Å². The highest BCUT2D eigenvalue weighted by molar-refractivity contribution is 9.10. The van der Waals surface area contributed by atoms with Gasteiger partial charge in [0.05, 0.1) is 6.04 Å². The maximum atomic E-state index is 11.4. The molecular weight excluding hydrogens is 276 g/mol. The van der Waals surface area contributed by atoms with Crippen LogP contribution in [0.15, 0.2) is 15.2 Å². The molecule has 0 aliphatic rings. The van der Waals surface area contributed by atoms with Gasteiger partial charge < -0.3 is 14.6 Å². The number of carbonyl (C=O) groups excluding carboxylic acids is 1. The molecule has 0 spiro atoms. The second-order valence-electron chi connectivity index (χ2n) is 4.42. The molecule has 1 amide bonds. The highest BCUT2D eigenvalue weighted by Crippen LogP contribution is 2.17. The highest BCUT2D eigenvalue weighted by Gasteiger charge is 2.19. The van der Waals surface area contributed by atoms with E-state index in [9.17, 15) is 4.79 Å². The topological polar surface area (TPSA) is 64.4 Å². The molecule has 1 rings (SSSR count). The Bertz CT molecular complexity index is 370. The molecule has 16 heavy (non-hydrogen) atoms. The van der Waals surface area contributed by atoms with Gasteiger partial charge >= 0.3 is 6.09 Å². The Balaban J connectivity index is 2.52. The Kier molecular flexibility index (Phi) is 3.96. The third-order valence-electron chi connectivity index (χ3n) is 1.66. The lowest BCUT2D eigenvalue weighted by Crippen LogP contribution is -2.33. The van der Waals surface area contributed by atoms with Crippen molar-refractivity contribution in [2.24, 2.45) is 0 Å². The van der Waals surface area contributed by atoms with Crippen molar-refractivity contribution in [3.8, 4) is 0 Å². The Labute approximate surface area is 103 Å². The normalized spacial score (nSPS) is 13.3. The van der Waals surface area contributed by atoms with Crippen LogP contribution < -0.4 is 5.32 Å². The van der Waals surface area contributed by atoms with E-state index in [4.69, 9.17) is 9.26 Å². The van der Waals surface area contributed by atoms with Gasteiger partial charge in [-0.15, -0.1) is 0 Å². The van der Waals surface area contributed by atoms with E-state index in [1.165, 1.54) is 0 Å². The Morgan fingerprint density at radius 1 is 1.62 bits per heavy atom. The first kappa shape index (κ1) is 13.0. The van der Waals surface area contributed by atoms with E-state index in [0.717, 1.165) is 0 Å². The molecule has 90 valence electrons. The number of amides is 1. The Hall–Kier alpha value is -1.04. The van der Waals surface area contributed by atoms with E-state index in [0.29, 0.717) is 10.4 Å². The predicted octanol–water partition coefficient (Wildman–Crippen LogP) is 3.02. The molecule has 1 aromatic heterocycles. The van der Waals surface area contributed by atoms with E-state index in [1.54, 1.807) is 13.0 Å². The van der Waals surface area contributed by atoms with Crippen LogP contribution in [0, 0.1) is 0 Å². The lowest BCUT2D eigenvalue weighted by Gasteiger charge is -2.21. The van der Waals surface area contributed by atoms with E-state index < -0.39 is 11.7 Å². The van der Waals surface area contributed by atoms with Gasteiger partial charge in [0.15, 0.2) is 5.76 Å². The van der Waals surface area contributed by atoms with Crippen molar-refractivity contribution >= 4 is 22.0 Å². The molecule has 5 nitrogen and oxygen atoms in total. The maximum absolute atomic E-state index is 11.4. The van der Waals surface area contributed by atoms with Crippen molar-refractivity contribution < 1.29 is 14.1 Å². The van der Waals surface area contributed by atoms with Gasteiger partial charge in [0.1, 0.15) is 10.2 Å². The highest BCUT2D eigenvalue weighted by atomic mass is 79.9. The number of nitrogens with one attached hydrogen (secondary N) is 1. The summed E-state index contributed by atoms with van der Waals surface area (Å²) in [4.78, 5) is 11.4. The quantitative estimate of drug-likeness (QED) is 0.909. The molecule has 0 radical (unpaired) electrons. The Morgan fingerprint density at radius 2 is 2.25 bits per heavy atom. The number of halogens is 1. The molecule has 0 fully saturated rings. The van der Waals surface area contributed by atoms with Gasteiger partial charge in [-0.1, -0.05) is 5.16 Å². The molecule has 0 aliphatic heterocycles. The summed E-state index contributed by atoms with van der Waals surface area (Å²) in [5.74, 6) is 0.567. The molecule has 0 unspecified atom stereocenters. The van der Waals surface area contributed by atoms with Crippen molar-refractivity contribution in [3.05, 3.63) is 16.4 Å². The number of hydrogen-bond donors (Lipinski definition) is 1. The van der Waals surface area contributed by atoms with Crippen LogP contribution in [-0.4, -0.2) is 16.9 Å². The summed E-state index contributed by atoms with van der Waals surface area (Å²) in [7, 11) is 0. The average Bonchev–Trinajstić information content (AvgIpc) is 2.47. The van der Waals surface area contributed by atoms with Crippen LogP contribution >= 0.6 is 15.9 Å². The zero-order chi connectivity index (χ0) is 12.3. The van der Waals surface area contributed by atoms with E-state index in [2.05, 4.69) is 26.4 Å². The largest absolute Gasteiger partial charge is 0.444 e. The number of aromatic nitrogens is 1. The van der Waals surface area contributed by atoms with Crippen LogP contribution in [0.2, 0.25) is 0 Å².